The van der Waals surface area contributed by atoms with E-state index >= 15 is 0 Å². The number of hydrogen-bond donors (Lipinski definition) is 2. The molecule has 29 heteroatoms. The first-order valence-corrected chi connectivity index (χ1v) is 31.4. The fraction of sp³-hybridized carbons (Fsp3) is 0.561. The number of aliphatic hydroxyl groups excluding tert-OH is 1. The second-order valence-electron chi connectivity index (χ2n) is 22.2. The Bertz CT molecular complexity index is 2960. The van der Waals surface area contributed by atoms with Crippen LogP contribution in [0.2, 0.25) is 0 Å². The second kappa shape index (κ2) is 38.0. The van der Waals surface area contributed by atoms with E-state index in [9.17, 15) is 24.3 Å². The molecule has 524 valence electrons. The first-order valence-electron chi connectivity index (χ1n) is 30.3. The molecule has 20 atom stereocenters. The lowest BCUT2D eigenvalue weighted by Gasteiger charge is -2.48. The number of nitrogens with one attached hydrogen (secondary N) is 1. The van der Waals surface area contributed by atoms with Crippen molar-refractivity contribution in [1.82, 2.24) is 0 Å². The number of aliphatic hydroxyl groups is 1. The summed E-state index contributed by atoms with van der Waals surface area (Å²) >= 11 is 17.7. The standard InChI is InChI=1S/C37H46O12.C29H38Cl3NO13/c1-40-30-28(38)31(35(39)42-3)49-37(33(30)41-2)48-29-27(23-44-20-24-14-8-5-9-15-24)47-36(43-4)34(46-22-26-18-12-7-13-19-26)32(29)45-21-25-16-10-6-11-17-25;1-14-19(37-4)23(38-5)26(44-20(14)25(36)39-6)45-21-18(13-40-15(2)34)43-27(46-28(33)29(30,31)32)24(22(21)42-16(3)35)41-12-17-10-8-7-9-11-17/h5-19,27-34,36-38H,20-23H2,1-4H3;7-11,14,18-24,26-27,33H,12-13H2,1-6H3/t27-,28-,29+,30-,31?,32?,33?,34?,36-,37+;14-,18-,19-,20?,21+,22?,23?,24?,26-,27+/m00/s1. The van der Waals surface area contributed by atoms with Crippen LogP contribution in [0, 0.1) is 11.3 Å². The molecule has 2 N–H and O–H groups in total. The summed E-state index contributed by atoms with van der Waals surface area (Å²) in [5.74, 6) is -4.24. The van der Waals surface area contributed by atoms with Crippen LogP contribution < -0.4 is 0 Å². The predicted octanol–water partition coefficient (Wildman–Crippen LogP) is 6.52. The van der Waals surface area contributed by atoms with Gasteiger partial charge in [0.1, 0.15) is 67.6 Å². The van der Waals surface area contributed by atoms with Gasteiger partial charge in [0.05, 0.1) is 53.4 Å². The average molecular weight is 1400 g/mol. The van der Waals surface area contributed by atoms with Gasteiger partial charge in [0.2, 0.25) is 12.2 Å². The molecule has 0 aliphatic carbocycles. The molecule has 8 unspecified atom stereocenters. The fourth-order valence-corrected chi connectivity index (χ4v) is 11.3. The number of ether oxygens (including phenoxy) is 20. The number of benzene rings is 4. The molecule has 0 aromatic heterocycles. The van der Waals surface area contributed by atoms with Gasteiger partial charge in [-0.25, -0.2) is 9.59 Å². The maximum atomic E-state index is 12.7. The van der Waals surface area contributed by atoms with Gasteiger partial charge in [0.25, 0.3) is 3.79 Å². The number of methoxy groups -OCH3 is 7. The van der Waals surface area contributed by atoms with Gasteiger partial charge in [-0.2, -0.15) is 0 Å². The molecule has 95 heavy (non-hydrogen) atoms. The van der Waals surface area contributed by atoms with E-state index in [1.54, 1.807) is 31.2 Å². The zero-order chi connectivity index (χ0) is 68.8. The Morgan fingerprint density at radius 3 is 1.31 bits per heavy atom. The number of carbonyl (C=O) groups excluding carboxylic acids is 4. The van der Waals surface area contributed by atoms with Gasteiger partial charge < -0.3 is 99.8 Å². The molecule has 26 nitrogen and oxygen atoms in total. The van der Waals surface area contributed by atoms with Gasteiger partial charge in [0.15, 0.2) is 43.3 Å². The highest BCUT2D eigenvalue weighted by Crippen LogP contribution is 2.39. The third-order valence-electron chi connectivity index (χ3n) is 15.8. The molecule has 4 heterocycles. The van der Waals surface area contributed by atoms with E-state index in [0.29, 0.717) is 6.61 Å². The molecular formula is C66H84Cl3NO25. The van der Waals surface area contributed by atoms with Crippen LogP contribution in [-0.4, -0.2) is 218 Å². The van der Waals surface area contributed by atoms with Crippen molar-refractivity contribution >= 4 is 64.6 Å². The molecule has 0 spiro atoms. The van der Waals surface area contributed by atoms with E-state index in [0.717, 1.165) is 29.2 Å². The molecule has 4 aliphatic rings. The number of hydrogen-bond acceptors (Lipinski definition) is 26. The van der Waals surface area contributed by atoms with Crippen molar-refractivity contribution in [3.8, 4) is 0 Å². The highest BCUT2D eigenvalue weighted by Gasteiger charge is 2.58. The Balaban J connectivity index is 0.000000269. The van der Waals surface area contributed by atoms with Crippen LogP contribution in [0.15, 0.2) is 121 Å². The molecule has 0 amide bonds. The van der Waals surface area contributed by atoms with Gasteiger partial charge >= 0.3 is 23.9 Å². The first kappa shape index (κ1) is 76.8. The summed E-state index contributed by atoms with van der Waals surface area (Å²) in [5, 5.41) is 19.2. The van der Waals surface area contributed by atoms with Crippen molar-refractivity contribution in [2.45, 2.75) is 168 Å². The van der Waals surface area contributed by atoms with Crippen molar-refractivity contribution in [1.29, 1.82) is 5.41 Å². The number of carbonyl (C=O) groups is 4. The molecular weight excluding hydrogens is 1310 g/mol. The summed E-state index contributed by atoms with van der Waals surface area (Å²) < 4.78 is 116. The monoisotopic (exact) mass is 1400 g/mol. The fourth-order valence-electron chi connectivity index (χ4n) is 11.2. The molecule has 0 bridgehead atoms. The summed E-state index contributed by atoms with van der Waals surface area (Å²) in [6, 6.07) is 38.2. The lowest BCUT2D eigenvalue weighted by atomic mass is 9.90. The third kappa shape index (κ3) is 21.2. The lowest BCUT2D eigenvalue weighted by molar-refractivity contribution is -0.366. The van der Waals surface area contributed by atoms with Crippen molar-refractivity contribution in [3.05, 3.63) is 144 Å². The van der Waals surface area contributed by atoms with E-state index in [2.05, 4.69) is 0 Å². The van der Waals surface area contributed by atoms with Crippen molar-refractivity contribution in [2.75, 3.05) is 63.0 Å². The van der Waals surface area contributed by atoms with Gasteiger partial charge in [-0.05, 0) is 22.3 Å². The van der Waals surface area contributed by atoms with Crippen molar-refractivity contribution < 1.29 is 119 Å². The van der Waals surface area contributed by atoms with Crippen LogP contribution in [-0.2, 0) is 140 Å². The Kier molecular flexibility index (Phi) is 30.7. The molecule has 4 aromatic carbocycles. The summed E-state index contributed by atoms with van der Waals surface area (Å²) in [7, 11) is 9.64. The Morgan fingerprint density at radius 1 is 0.453 bits per heavy atom. The van der Waals surface area contributed by atoms with Gasteiger partial charge in [-0.15, -0.1) is 0 Å². The predicted molar refractivity (Wildman–Crippen MR) is 336 cm³/mol. The SMILES string of the molecule is COC(=O)C1O[C@@H](O[C@H]2C(OC(C)=O)C(OCc3ccccc3)[C@@H](OC(=N)C(Cl)(Cl)Cl)O[C@H]2COC(C)=O)C(OC)[C@@H](OC)[C@@H]1C.COC(=O)C1O[C@@H](O[C@H]2C(OCc3ccccc3)C(OCc3ccccc3)[C@@H](OC)O[C@H]2COCc2ccccc2)C(OC)[C@@H](OC)[C@@H]1O. The molecule has 0 radical (unpaired) electrons. The maximum absolute atomic E-state index is 12.7. The van der Waals surface area contributed by atoms with Crippen LogP contribution in [0.4, 0.5) is 0 Å². The minimum atomic E-state index is -2.29. The maximum Gasteiger partial charge on any atom is 0.337 e. The molecule has 4 aromatic rings. The molecule has 8 rings (SSSR count). The molecule has 4 aliphatic heterocycles. The number of esters is 4. The van der Waals surface area contributed by atoms with Gasteiger partial charge in [0, 0.05) is 55.3 Å². The normalized spacial score (nSPS) is 30.8. The highest BCUT2D eigenvalue weighted by atomic mass is 35.6. The number of alkyl halides is 3. The molecule has 0 saturated carbocycles. The summed E-state index contributed by atoms with van der Waals surface area (Å²) in [6.45, 7) is 4.43. The Hall–Kier alpha value is -5.54. The Morgan fingerprint density at radius 2 is 0.863 bits per heavy atom. The Labute approximate surface area is 566 Å². The van der Waals surface area contributed by atoms with Crippen LogP contribution in [0.3, 0.4) is 0 Å². The molecule has 4 fully saturated rings. The van der Waals surface area contributed by atoms with Crippen molar-refractivity contribution in [2.24, 2.45) is 5.92 Å². The number of rotatable bonds is 28. The average Bonchev–Trinajstić information content (AvgIpc) is 0.781. The summed E-state index contributed by atoms with van der Waals surface area (Å²) in [5.41, 5.74) is 3.58. The van der Waals surface area contributed by atoms with E-state index in [1.165, 1.54) is 56.7 Å². The minimum Gasteiger partial charge on any atom is -0.467 e. The second-order valence-corrected chi connectivity index (χ2v) is 24.5. The summed E-state index contributed by atoms with van der Waals surface area (Å²) in [4.78, 5) is 49.8. The van der Waals surface area contributed by atoms with Crippen LogP contribution in [0.1, 0.15) is 43.0 Å². The van der Waals surface area contributed by atoms with Crippen molar-refractivity contribution in [3.63, 3.8) is 0 Å². The van der Waals surface area contributed by atoms with Crippen LogP contribution in [0.5, 0.6) is 0 Å². The first-order chi connectivity index (χ1) is 45.7. The van der Waals surface area contributed by atoms with E-state index in [4.69, 9.17) is 135 Å². The smallest absolute Gasteiger partial charge is 0.337 e. The van der Waals surface area contributed by atoms with E-state index in [-0.39, 0.29) is 26.4 Å². The van der Waals surface area contributed by atoms with E-state index in [1.807, 2.05) is 97.1 Å². The minimum absolute atomic E-state index is 0.0385. The summed E-state index contributed by atoms with van der Waals surface area (Å²) in [6.07, 6.45) is -21.0. The lowest BCUT2D eigenvalue weighted by Crippen LogP contribution is -2.66. The van der Waals surface area contributed by atoms with Crippen LogP contribution >= 0.6 is 34.8 Å². The highest BCUT2D eigenvalue weighted by molar-refractivity contribution is 6.76. The molecule has 4 saturated heterocycles. The zero-order valence-electron chi connectivity index (χ0n) is 54.2. The zero-order valence-corrected chi connectivity index (χ0v) is 56.5. The quantitative estimate of drug-likeness (QED) is 0.0201. The van der Waals surface area contributed by atoms with Gasteiger partial charge in [-0.1, -0.05) is 163 Å². The van der Waals surface area contributed by atoms with E-state index < -0.39 is 163 Å². The topological polar surface area (TPSA) is 297 Å². The number of halogens is 3. The van der Waals surface area contributed by atoms with Crippen LogP contribution in [0.25, 0.3) is 0 Å². The van der Waals surface area contributed by atoms with Gasteiger partial charge in [-0.3, -0.25) is 15.0 Å². The third-order valence-corrected chi connectivity index (χ3v) is 16.3. The largest absolute Gasteiger partial charge is 0.467 e.